The van der Waals surface area contributed by atoms with Crippen molar-refractivity contribution in [2.75, 3.05) is 38.0 Å². The molecule has 1 fully saturated rings. The van der Waals surface area contributed by atoms with Crippen LogP contribution in [-0.4, -0.2) is 67.2 Å². The molecular weight excluding hydrogens is 527 g/mol. The molecule has 1 aromatic carbocycles. The van der Waals surface area contributed by atoms with Crippen LogP contribution in [0.3, 0.4) is 0 Å². The molecule has 0 bridgehead atoms. The van der Waals surface area contributed by atoms with Gasteiger partial charge in [0.2, 0.25) is 5.91 Å². The maximum absolute atomic E-state index is 11.8. The van der Waals surface area contributed by atoms with Gasteiger partial charge in [0.15, 0.2) is 5.96 Å². The van der Waals surface area contributed by atoms with Crippen LogP contribution in [0.25, 0.3) is 0 Å². The molecule has 4 amide bonds. The Morgan fingerprint density at radius 3 is 2.44 bits per heavy atom. The molecule has 178 valence electrons. The summed E-state index contributed by atoms with van der Waals surface area (Å²) >= 11 is 0. The summed E-state index contributed by atoms with van der Waals surface area (Å²) in [6, 6.07) is 7.15. The minimum absolute atomic E-state index is 0. The Labute approximate surface area is 205 Å². The number of benzene rings is 1. The average Bonchev–Trinajstić information content (AvgIpc) is 3.00. The predicted molar refractivity (Wildman–Crippen MR) is 135 cm³/mol. The molecule has 32 heavy (non-hydrogen) atoms. The topological polar surface area (TPSA) is 124 Å². The third-order valence-electron chi connectivity index (χ3n) is 4.18. The van der Waals surface area contributed by atoms with Crippen LogP contribution in [-0.2, 0) is 16.0 Å². The maximum atomic E-state index is 11.8. The molecule has 1 aliphatic rings. The fourth-order valence-corrected chi connectivity index (χ4v) is 2.78. The second kappa shape index (κ2) is 13.1. The second-order valence-electron chi connectivity index (χ2n) is 7.97. The van der Waals surface area contributed by atoms with Gasteiger partial charge in [-0.15, -0.1) is 24.0 Å². The molecular formula is C21H33IN6O4. The van der Waals surface area contributed by atoms with Crippen LogP contribution in [0.1, 0.15) is 33.3 Å². The zero-order valence-corrected chi connectivity index (χ0v) is 21.3. The number of imide groups is 1. The maximum Gasteiger partial charge on any atom is 0.412 e. The Morgan fingerprint density at radius 1 is 1.19 bits per heavy atom. The highest BCUT2D eigenvalue weighted by Crippen LogP contribution is 2.13. The van der Waals surface area contributed by atoms with Crippen molar-refractivity contribution >= 4 is 53.7 Å². The standard InChI is InChI=1S/C21H32N6O4.HI/c1-5-22-18(24-12-13-27-17(28)14-25-19(27)29)23-11-10-15-6-8-16(9-7-15)26-20(30)31-21(2,3)4;/h6-9H,5,10-14H2,1-4H3,(H,25,29)(H,26,30)(H2,22,23,24);1H. The first-order valence-corrected chi connectivity index (χ1v) is 10.4. The van der Waals surface area contributed by atoms with E-state index < -0.39 is 11.7 Å². The van der Waals surface area contributed by atoms with Gasteiger partial charge in [-0.05, 0) is 51.8 Å². The minimum Gasteiger partial charge on any atom is -0.444 e. The van der Waals surface area contributed by atoms with E-state index in [1.54, 1.807) is 0 Å². The molecule has 0 unspecified atom stereocenters. The Balaban J connectivity index is 0.00000512. The quantitative estimate of drug-likeness (QED) is 0.168. The molecule has 10 nitrogen and oxygen atoms in total. The summed E-state index contributed by atoms with van der Waals surface area (Å²) < 4.78 is 5.24. The number of aliphatic imine (C=N–C) groups is 1. The molecule has 4 N–H and O–H groups in total. The molecule has 1 aromatic rings. The Morgan fingerprint density at radius 2 is 1.88 bits per heavy atom. The summed E-state index contributed by atoms with van der Waals surface area (Å²) in [5, 5.41) is 11.5. The van der Waals surface area contributed by atoms with Crippen molar-refractivity contribution in [2.24, 2.45) is 4.99 Å². The summed E-state index contributed by atoms with van der Waals surface area (Å²) in [7, 11) is 0. The van der Waals surface area contributed by atoms with Gasteiger partial charge in [0.25, 0.3) is 0 Å². The minimum atomic E-state index is -0.545. The first-order valence-electron chi connectivity index (χ1n) is 10.4. The molecule has 1 saturated heterocycles. The molecule has 2 rings (SSSR count). The fraction of sp³-hybridized carbons (Fsp3) is 0.524. The predicted octanol–water partition coefficient (Wildman–Crippen LogP) is 2.30. The van der Waals surface area contributed by atoms with Crippen molar-refractivity contribution in [2.45, 2.75) is 39.7 Å². The van der Waals surface area contributed by atoms with E-state index in [2.05, 4.69) is 26.3 Å². The fourth-order valence-electron chi connectivity index (χ4n) is 2.78. The van der Waals surface area contributed by atoms with Crippen molar-refractivity contribution in [1.82, 2.24) is 20.9 Å². The van der Waals surface area contributed by atoms with Crippen LogP contribution in [0.2, 0.25) is 0 Å². The molecule has 0 atom stereocenters. The molecule has 0 saturated carbocycles. The first kappa shape index (κ1) is 27.5. The number of nitrogens with one attached hydrogen (secondary N) is 4. The molecule has 0 spiro atoms. The number of halogens is 1. The summed E-state index contributed by atoms with van der Waals surface area (Å²) in [6.07, 6.45) is 0.232. The number of nitrogens with zero attached hydrogens (tertiary/aromatic N) is 2. The van der Waals surface area contributed by atoms with Gasteiger partial charge in [0.05, 0.1) is 6.54 Å². The van der Waals surface area contributed by atoms with E-state index >= 15 is 0 Å². The van der Waals surface area contributed by atoms with E-state index in [0.717, 1.165) is 12.0 Å². The first-order chi connectivity index (χ1) is 14.7. The Bertz CT molecular complexity index is 792. The van der Waals surface area contributed by atoms with E-state index in [1.165, 1.54) is 4.90 Å². The van der Waals surface area contributed by atoms with Crippen molar-refractivity contribution in [3.63, 3.8) is 0 Å². The lowest BCUT2D eigenvalue weighted by Gasteiger charge is -2.19. The van der Waals surface area contributed by atoms with Gasteiger partial charge in [-0.25, -0.2) is 9.59 Å². The Hall–Kier alpha value is -2.57. The number of hydrogen-bond donors (Lipinski definition) is 4. The lowest BCUT2D eigenvalue weighted by Crippen LogP contribution is -2.43. The normalized spacial score (nSPS) is 13.9. The smallest absolute Gasteiger partial charge is 0.412 e. The number of carbonyl (C=O) groups excluding carboxylic acids is 3. The van der Waals surface area contributed by atoms with Crippen LogP contribution >= 0.6 is 24.0 Å². The zero-order valence-electron chi connectivity index (χ0n) is 19.0. The number of amides is 4. The highest BCUT2D eigenvalue weighted by Gasteiger charge is 2.27. The monoisotopic (exact) mass is 560 g/mol. The number of urea groups is 1. The number of anilines is 1. The van der Waals surface area contributed by atoms with Gasteiger partial charge < -0.3 is 20.7 Å². The van der Waals surface area contributed by atoms with Gasteiger partial charge >= 0.3 is 12.1 Å². The summed E-state index contributed by atoms with van der Waals surface area (Å²) in [5.41, 5.74) is 1.20. The largest absolute Gasteiger partial charge is 0.444 e. The molecule has 11 heteroatoms. The van der Waals surface area contributed by atoms with E-state index in [-0.39, 0.29) is 49.0 Å². The highest BCUT2D eigenvalue weighted by molar-refractivity contribution is 14.0. The van der Waals surface area contributed by atoms with Crippen LogP contribution < -0.4 is 21.3 Å². The summed E-state index contributed by atoms with van der Waals surface area (Å²) in [4.78, 5) is 40.7. The van der Waals surface area contributed by atoms with Crippen LogP contribution in [0.5, 0.6) is 0 Å². The molecule has 0 aliphatic carbocycles. The summed E-state index contributed by atoms with van der Waals surface area (Å²) in [6.45, 7) is 9.40. The van der Waals surface area contributed by atoms with E-state index in [1.807, 2.05) is 52.0 Å². The van der Waals surface area contributed by atoms with Gasteiger partial charge in [0.1, 0.15) is 5.60 Å². The summed E-state index contributed by atoms with van der Waals surface area (Å²) in [5.74, 6) is 0.399. The molecule has 0 aromatic heterocycles. The number of carbonyl (C=O) groups is 3. The second-order valence-corrected chi connectivity index (χ2v) is 7.97. The van der Waals surface area contributed by atoms with Crippen LogP contribution in [0.4, 0.5) is 15.3 Å². The van der Waals surface area contributed by atoms with Crippen LogP contribution in [0.15, 0.2) is 29.3 Å². The van der Waals surface area contributed by atoms with Crippen LogP contribution in [0, 0.1) is 0 Å². The molecule has 1 aliphatic heterocycles. The SMILES string of the molecule is CCNC(=NCCc1ccc(NC(=O)OC(C)(C)C)cc1)NCCN1C(=O)CNC1=O.I. The van der Waals surface area contributed by atoms with Crippen molar-refractivity contribution in [1.29, 1.82) is 0 Å². The van der Waals surface area contributed by atoms with Crippen molar-refractivity contribution < 1.29 is 19.1 Å². The van der Waals surface area contributed by atoms with E-state index in [4.69, 9.17) is 4.74 Å². The Kier molecular flexibility index (Phi) is 11.2. The molecule has 0 radical (unpaired) electrons. The van der Waals surface area contributed by atoms with E-state index in [9.17, 15) is 14.4 Å². The third-order valence-corrected chi connectivity index (χ3v) is 4.18. The number of hydrogen-bond acceptors (Lipinski definition) is 5. The zero-order chi connectivity index (χ0) is 22.9. The van der Waals surface area contributed by atoms with Gasteiger partial charge in [-0.3, -0.25) is 20.0 Å². The average molecular weight is 560 g/mol. The molecule has 1 heterocycles. The van der Waals surface area contributed by atoms with Gasteiger partial charge in [-0.2, -0.15) is 0 Å². The highest BCUT2D eigenvalue weighted by atomic mass is 127. The lowest BCUT2D eigenvalue weighted by atomic mass is 10.1. The lowest BCUT2D eigenvalue weighted by molar-refractivity contribution is -0.124. The van der Waals surface area contributed by atoms with Crippen molar-refractivity contribution in [3.8, 4) is 0 Å². The van der Waals surface area contributed by atoms with Crippen molar-refractivity contribution in [3.05, 3.63) is 29.8 Å². The number of ether oxygens (including phenoxy) is 1. The number of guanidine groups is 1. The third kappa shape index (κ3) is 9.71. The van der Waals surface area contributed by atoms with Gasteiger partial charge in [0, 0.05) is 31.9 Å². The van der Waals surface area contributed by atoms with E-state index in [0.29, 0.717) is 31.3 Å². The van der Waals surface area contributed by atoms with Gasteiger partial charge in [-0.1, -0.05) is 12.1 Å². The number of rotatable bonds is 8.